The smallest absolute Gasteiger partial charge is 0.258 e. The molecule has 5 heteroatoms. The molecule has 1 amide bonds. The van der Waals surface area contributed by atoms with Gasteiger partial charge >= 0.3 is 0 Å². The average molecular weight is 422 g/mol. The van der Waals surface area contributed by atoms with E-state index in [4.69, 9.17) is 11.6 Å². The fourth-order valence-electron chi connectivity index (χ4n) is 3.47. The van der Waals surface area contributed by atoms with Crippen molar-refractivity contribution in [2.24, 2.45) is 0 Å². The third kappa shape index (κ3) is 4.39. The van der Waals surface area contributed by atoms with Crippen LogP contribution < -0.4 is 4.90 Å². The minimum Gasteiger partial charge on any atom is -0.508 e. The van der Waals surface area contributed by atoms with Crippen LogP contribution in [0.25, 0.3) is 0 Å². The molecule has 4 nitrogen and oxygen atoms in total. The predicted molar refractivity (Wildman–Crippen MR) is 121 cm³/mol. The number of nitrogens with zero attached hydrogens (tertiary/aromatic N) is 1. The summed E-state index contributed by atoms with van der Waals surface area (Å²) in [5, 5.41) is 8.98. The van der Waals surface area contributed by atoms with Gasteiger partial charge in [-0.1, -0.05) is 44.2 Å². The Morgan fingerprint density at radius 3 is 2.00 bits per heavy atom. The van der Waals surface area contributed by atoms with Gasteiger partial charge in [0.25, 0.3) is 11.1 Å². The maximum atomic E-state index is 13.1. The number of rotatable bonds is 6. The minimum absolute atomic E-state index is 0.148. The number of phenolic OH excluding ortho intramolecular Hbond substituents is 1. The van der Waals surface area contributed by atoms with E-state index in [-0.39, 0.29) is 17.1 Å². The van der Waals surface area contributed by atoms with Crippen molar-refractivity contribution in [2.75, 3.05) is 11.4 Å². The van der Waals surface area contributed by atoms with Crippen molar-refractivity contribution in [3.63, 3.8) is 0 Å². The van der Waals surface area contributed by atoms with Crippen LogP contribution in [0.5, 0.6) is 5.75 Å². The zero-order valence-electron chi connectivity index (χ0n) is 17.2. The van der Waals surface area contributed by atoms with Crippen molar-refractivity contribution in [1.29, 1.82) is 0 Å². The molecular weight excluding hydrogens is 398 g/mol. The Morgan fingerprint density at radius 2 is 1.47 bits per heavy atom. The lowest BCUT2D eigenvalue weighted by atomic mass is 9.78. The summed E-state index contributed by atoms with van der Waals surface area (Å²) in [5.41, 5.74) is 3.38. The van der Waals surface area contributed by atoms with Crippen LogP contribution in [-0.2, 0) is 5.41 Å². The lowest BCUT2D eigenvalue weighted by Gasteiger charge is -2.27. The Morgan fingerprint density at radius 1 is 0.900 bits per heavy atom. The van der Waals surface area contributed by atoms with Gasteiger partial charge in [0.2, 0.25) is 0 Å². The van der Waals surface area contributed by atoms with Gasteiger partial charge in [-0.25, -0.2) is 0 Å². The number of hydrogen-bond acceptors (Lipinski definition) is 3. The fourth-order valence-corrected chi connectivity index (χ4v) is 3.59. The van der Waals surface area contributed by atoms with Crippen molar-refractivity contribution in [3.05, 3.63) is 95.1 Å². The van der Waals surface area contributed by atoms with E-state index in [0.717, 1.165) is 11.1 Å². The van der Waals surface area contributed by atoms with Gasteiger partial charge in [-0.3, -0.25) is 9.59 Å². The highest BCUT2D eigenvalue weighted by Crippen LogP contribution is 2.32. The second-order valence-corrected chi connectivity index (χ2v) is 7.97. The normalized spacial score (nSPS) is 11.2. The molecule has 0 heterocycles. The van der Waals surface area contributed by atoms with Crippen molar-refractivity contribution in [2.45, 2.75) is 26.2 Å². The van der Waals surface area contributed by atoms with Crippen LogP contribution >= 0.6 is 11.6 Å². The highest BCUT2D eigenvalue weighted by molar-refractivity contribution is 6.67. The molecule has 0 aromatic heterocycles. The number of carbonyl (C=O) groups excluding carboxylic acids is 2. The number of halogens is 1. The Labute approximate surface area is 181 Å². The van der Waals surface area contributed by atoms with Crippen molar-refractivity contribution < 1.29 is 14.7 Å². The second kappa shape index (κ2) is 8.72. The Hall–Kier alpha value is -3.11. The predicted octanol–water partition coefficient (Wildman–Crippen LogP) is 5.76. The maximum absolute atomic E-state index is 13.1. The molecule has 0 saturated carbocycles. The molecule has 0 aliphatic heterocycles. The van der Waals surface area contributed by atoms with Gasteiger partial charge in [-0.05, 0) is 72.1 Å². The molecule has 0 unspecified atom stereocenters. The molecule has 0 aliphatic carbocycles. The van der Waals surface area contributed by atoms with E-state index >= 15 is 0 Å². The zero-order valence-corrected chi connectivity index (χ0v) is 18.0. The van der Waals surface area contributed by atoms with Crippen LogP contribution in [0.4, 0.5) is 5.69 Å². The number of amides is 1. The van der Waals surface area contributed by atoms with Crippen molar-refractivity contribution in [1.82, 2.24) is 0 Å². The minimum atomic E-state index is -0.554. The summed E-state index contributed by atoms with van der Waals surface area (Å²) in [6.45, 7) is 6.54. The summed E-state index contributed by atoms with van der Waals surface area (Å²) in [4.78, 5) is 26.2. The molecule has 1 N–H and O–H groups in total. The quantitative estimate of drug-likeness (QED) is 0.514. The molecule has 3 aromatic rings. The summed E-state index contributed by atoms with van der Waals surface area (Å²) in [7, 11) is 0. The number of benzene rings is 3. The first-order valence-corrected chi connectivity index (χ1v) is 10.1. The molecular formula is C25H24ClNO3. The first kappa shape index (κ1) is 21.6. The number of phenols is 1. The van der Waals surface area contributed by atoms with Crippen LogP contribution in [0.15, 0.2) is 72.8 Å². The summed E-state index contributed by atoms with van der Waals surface area (Å²) >= 11 is 5.58. The van der Waals surface area contributed by atoms with Gasteiger partial charge in [0.05, 0.1) is 0 Å². The highest BCUT2D eigenvalue weighted by Gasteiger charge is 2.24. The number of hydrogen-bond donors (Lipinski definition) is 1. The molecule has 0 radical (unpaired) electrons. The lowest BCUT2D eigenvalue weighted by molar-refractivity contribution is 0.0987. The molecule has 3 aromatic carbocycles. The molecule has 0 saturated heterocycles. The van der Waals surface area contributed by atoms with E-state index in [2.05, 4.69) is 13.8 Å². The van der Waals surface area contributed by atoms with Crippen LogP contribution in [0.1, 0.15) is 52.6 Å². The Kier molecular flexibility index (Phi) is 6.28. The van der Waals surface area contributed by atoms with Gasteiger partial charge < -0.3 is 10.0 Å². The third-order valence-corrected chi connectivity index (χ3v) is 5.61. The van der Waals surface area contributed by atoms with Gasteiger partial charge in [0.15, 0.2) is 0 Å². The molecule has 0 fully saturated rings. The van der Waals surface area contributed by atoms with Crippen LogP contribution in [-0.4, -0.2) is 22.8 Å². The van der Waals surface area contributed by atoms with Crippen molar-refractivity contribution >= 4 is 28.4 Å². The number of anilines is 1. The average Bonchev–Trinajstić information content (AvgIpc) is 2.75. The standard InChI is InChI=1S/C25H24ClNO3/c1-4-27(21-7-5-6-18(16-21)23(26)29)24(30)17-8-10-19(11-9-17)25(2,3)20-12-14-22(28)15-13-20/h5-16,28H,4H2,1-3H3. The Balaban J connectivity index is 1.87. The van der Waals surface area contributed by atoms with Gasteiger partial charge in [0.1, 0.15) is 5.75 Å². The van der Waals surface area contributed by atoms with Crippen LogP contribution in [0, 0.1) is 0 Å². The molecule has 3 rings (SSSR count). The molecule has 0 bridgehead atoms. The SMILES string of the molecule is CCN(C(=O)c1ccc(C(C)(C)c2ccc(O)cc2)cc1)c1cccc(C(=O)Cl)c1. The van der Waals surface area contributed by atoms with Gasteiger partial charge in [-0.15, -0.1) is 0 Å². The topological polar surface area (TPSA) is 57.6 Å². The van der Waals surface area contributed by atoms with E-state index in [1.807, 2.05) is 43.3 Å². The molecule has 0 atom stereocenters. The largest absolute Gasteiger partial charge is 0.508 e. The molecule has 0 spiro atoms. The summed E-state index contributed by atoms with van der Waals surface area (Å²) in [6, 6.07) is 21.4. The fraction of sp³-hybridized carbons (Fsp3) is 0.200. The summed E-state index contributed by atoms with van der Waals surface area (Å²) in [5.74, 6) is 0.0840. The molecule has 0 aliphatic rings. The zero-order chi connectivity index (χ0) is 21.9. The van der Waals surface area contributed by atoms with Gasteiger partial charge in [0, 0.05) is 28.8 Å². The maximum Gasteiger partial charge on any atom is 0.258 e. The number of aromatic hydroxyl groups is 1. The lowest BCUT2D eigenvalue weighted by Crippen LogP contribution is -2.30. The molecule has 30 heavy (non-hydrogen) atoms. The van der Waals surface area contributed by atoms with E-state index < -0.39 is 5.24 Å². The van der Waals surface area contributed by atoms with Crippen LogP contribution in [0.2, 0.25) is 0 Å². The summed E-state index contributed by atoms with van der Waals surface area (Å²) < 4.78 is 0. The van der Waals surface area contributed by atoms with Gasteiger partial charge in [-0.2, -0.15) is 0 Å². The monoisotopic (exact) mass is 421 g/mol. The van der Waals surface area contributed by atoms with Crippen molar-refractivity contribution in [3.8, 4) is 5.75 Å². The Bertz CT molecular complexity index is 1060. The van der Waals surface area contributed by atoms with E-state index in [1.54, 1.807) is 41.3 Å². The van der Waals surface area contributed by atoms with E-state index in [1.165, 1.54) is 0 Å². The first-order chi connectivity index (χ1) is 14.2. The molecule has 154 valence electrons. The third-order valence-electron chi connectivity index (χ3n) is 5.39. The first-order valence-electron chi connectivity index (χ1n) is 9.76. The highest BCUT2D eigenvalue weighted by atomic mass is 35.5. The second-order valence-electron chi connectivity index (χ2n) is 7.62. The van der Waals surface area contributed by atoms with Crippen LogP contribution in [0.3, 0.4) is 0 Å². The van der Waals surface area contributed by atoms with E-state index in [0.29, 0.717) is 23.4 Å². The van der Waals surface area contributed by atoms with E-state index in [9.17, 15) is 14.7 Å². The number of carbonyl (C=O) groups is 2. The summed E-state index contributed by atoms with van der Waals surface area (Å²) in [6.07, 6.45) is 0.